The summed E-state index contributed by atoms with van der Waals surface area (Å²) < 4.78 is 30.3. The Labute approximate surface area is 138 Å². The number of aliphatic hydroxyl groups excluding tert-OH is 1. The van der Waals surface area contributed by atoms with Crippen molar-refractivity contribution in [2.24, 2.45) is 5.11 Å². The summed E-state index contributed by atoms with van der Waals surface area (Å²) in [5.74, 6) is -1.32. The Balaban J connectivity index is 5.23. The highest BCUT2D eigenvalue weighted by molar-refractivity contribution is 7.32. The van der Waals surface area contributed by atoms with Crippen LogP contribution in [-0.2, 0) is 32.9 Å². The summed E-state index contributed by atoms with van der Waals surface area (Å²) in [6, 6.07) is -1.32. The largest absolute Gasteiger partial charge is 0.697 e. The molecular weight excluding hydrogens is 349 g/mol. The van der Waals surface area contributed by atoms with Crippen molar-refractivity contribution in [1.29, 1.82) is 0 Å². The molecule has 0 radical (unpaired) electrons. The first kappa shape index (κ1) is 22.2. The molecule has 0 aliphatic rings. The molecule has 0 spiro atoms. The fourth-order valence-corrected chi connectivity index (χ4v) is 1.89. The lowest BCUT2D eigenvalue weighted by Gasteiger charge is -2.26. The molecule has 0 saturated heterocycles. The molecular formula is C11H19N3O9P+. The highest BCUT2D eigenvalue weighted by Crippen LogP contribution is 2.24. The van der Waals surface area contributed by atoms with Gasteiger partial charge in [0.15, 0.2) is 0 Å². The van der Waals surface area contributed by atoms with Gasteiger partial charge in [0.1, 0.15) is 24.9 Å². The SMILES string of the molecule is CC(=O)OC[C@@H](N=[N+]=[N-])[C@H](OC(CO)[C@H](C)OC(C)=O)O[P+](=O)O. The molecule has 0 aromatic heterocycles. The van der Waals surface area contributed by atoms with Crippen LogP contribution in [0.4, 0.5) is 0 Å². The smallest absolute Gasteiger partial charge is 0.465 e. The van der Waals surface area contributed by atoms with Gasteiger partial charge in [-0.15, -0.1) is 4.89 Å². The monoisotopic (exact) mass is 368 g/mol. The number of hydrogen-bond acceptors (Lipinski definition) is 9. The second-order valence-electron chi connectivity index (χ2n) is 4.46. The minimum Gasteiger partial charge on any atom is -0.465 e. The molecule has 0 bridgehead atoms. The Kier molecular flexibility index (Phi) is 10.8. The highest BCUT2D eigenvalue weighted by atomic mass is 31.1. The maximum absolute atomic E-state index is 11.0. The molecule has 0 aromatic rings. The normalized spacial score (nSPS) is 16.1. The van der Waals surface area contributed by atoms with E-state index in [-0.39, 0.29) is 0 Å². The van der Waals surface area contributed by atoms with Crippen LogP contribution in [0.1, 0.15) is 20.8 Å². The van der Waals surface area contributed by atoms with Crippen LogP contribution in [0.5, 0.6) is 0 Å². The third-order valence-corrected chi connectivity index (χ3v) is 2.92. The van der Waals surface area contributed by atoms with Gasteiger partial charge in [-0.3, -0.25) is 9.59 Å². The van der Waals surface area contributed by atoms with E-state index in [1.165, 1.54) is 6.92 Å². The van der Waals surface area contributed by atoms with Crippen LogP contribution in [0.3, 0.4) is 0 Å². The summed E-state index contributed by atoms with van der Waals surface area (Å²) in [6.07, 6.45) is -3.72. The van der Waals surface area contributed by atoms with Crippen LogP contribution >= 0.6 is 8.25 Å². The maximum atomic E-state index is 11.0. The predicted molar refractivity (Wildman–Crippen MR) is 77.5 cm³/mol. The third kappa shape index (κ3) is 9.36. The lowest BCUT2D eigenvalue weighted by Crippen LogP contribution is -2.42. The van der Waals surface area contributed by atoms with Crippen molar-refractivity contribution in [3.63, 3.8) is 0 Å². The number of carbonyl (C=O) groups is 2. The number of rotatable bonds is 11. The van der Waals surface area contributed by atoms with Gasteiger partial charge in [0.05, 0.1) is 6.61 Å². The molecule has 5 atom stereocenters. The Morgan fingerprint density at radius 1 is 1.33 bits per heavy atom. The van der Waals surface area contributed by atoms with E-state index in [1.54, 1.807) is 0 Å². The number of hydrogen-bond donors (Lipinski definition) is 2. The minimum atomic E-state index is -3.17. The number of ether oxygens (including phenoxy) is 3. The molecule has 0 aromatic carbocycles. The molecule has 0 rings (SSSR count). The van der Waals surface area contributed by atoms with E-state index in [0.29, 0.717) is 0 Å². The van der Waals surface area contributed by atoms with Crippen molar-refractivity contribution in [1.82, 2.24) is 0 Å². The molecule has 0 amide bonds. The van der Waals surface area contributed by atoms with Crippen molar-refractivity contribution in [3.05, 3.63) is 10.4 Å². The maximum Gasteiger partial charge on any atom is 0.697 e. The van der Waals surface area contributed by atoms with Crippen LogP contribution in [-0.4, -0.2) is 59.7 Å². The zero-order valence-electron chi connectivity index (χ0n) is 13.3. The van der Waals surface area contributed by atoms with E-state index in [2.05, 4.69) is 19.3 Å². The average Bonchev–Trinajstić information content (AvgIpc) is 2.46. The molecule has 0 fully saturated rings. The van der Waals surface area contributed by atoms with E-state index < -0.39 is 57.9 Å². The lowest BCUT2D eigenvalue weighted by molar-refractivity contribution is -0.189. The summed E-state index contributed by atoms with van der Waals surface area (Å²) in [4.78, 5) is 33.2. The van der Waals surface area contributed by atoms with Crippen molar-refractivity contribution < 1.29 is 42.9 Å². The van der Waals surface area contributed by atoms with Crippen LogP contribution in [0.15, 0.2) is 5.11 Å². The van der Waals surface area contributed by atoms with Gasteiger partial charge in [-0.1, -0.05) is 9.64 Å². The Morgan fingerprint density at radius 2 is 1.96 bits per heavy atom. The second kappa shape index (κ2) is 11.7. The summed E-state index contributed by atoms with van der Waals surface area (Å²) >= 11 is 0. The quantitative estimate of drug-likeness (QED) is 0.132. The predicted octanol–water partition coefficient (Wildman–Crippen LogP) is 0.550. The van der Waals surface area contributed by atoms with Gasteiger partial charge < -0.3 is 19.3 Å². The van der Waals surface area contributed by atoms with Gasteiger partial charge in [-0.05, 0) is 12.5 Å². The van der Waals surface area contributed by atoms with Gasteiger partial charge in [0.25, 0.3) is 0 Å². The van der Waals surface area contributed by atoms with E-state index in [1.807, 2.05) is 0 Å². The van der Waals surface area contributed by atoms with E-state index in [0.717, 1.165) is 13.8 Å². The number of esters is 2. The molecule has 0 aliphatic carbocycles. The first-order valence-corrected chi connectivity index (χ1v) is 7.78. The lowest BCUT2D eigenvalue weighted by atomic mass is 10.2. The number of aliphatic hydroxyl groups is 1. The van der Waals surface area contributed by atoms with Crippen LogP contribution in [0.2, 0.25) is 0 Å². The molecule has 0 heterocycles. The van der Waals surface area contributed by atoms with Crippen molar-refractivity contribution >= 4 is 20.2 Å². The molecule has 12 nitrogen and oxygen atoms in total. The molecule has 24 heavy (non-hydrogen) atoms. The second-order valence-corrected chi connectivity index (χ2v) is 5.14. The highest BCUT2D eigenvalue weighted by Gasteiger charge is 2.36. The number of nitrogens with zero attached hydrogens (tertiary/aromatic N) is 3. The third-order valence-electron chi connectivity index (χ3n) is 2.53. The summed E-state index contributed by atoms with van der Waals surface area (Å²) in [7, 11) is -3.17. The molecule has 0 aliphatic heterocycles. The topological polar surface area (TPSA) is 177 Å². The zero-order valence-corrected chi connectivity index (χ0v) is 14.2. The van der Waals surface area contributed by atoms with Crippen LogP contribution in [0, 0.1) is 0 Å². The molecule has 13 heteroatoms. The van der Waals surface area contributed by atoms with E-state index in [4.69, 9.17) is 19.9 Å². The van der Waals surface area contributed by atoms with Gasteiger partial charge in [0, 0.05) is 23.3 Å². The number of carbonyl (C=O) groups excluding carboxylic acids is 2. The summed E-state index contributed by atoms with van der Waals surface area (Å²) in [5, 5.41) is 12.6. The van der Waals surface area contributed by atoms with Crippen LogP contribution < -0.4 is 0 Å². The molecule has 2 N–H and O–H groups in total. The Morgan fingerprint density at radius 3 is 2.38 bits per heavy atom. The first-order chi connectivity index (χ1) is 11.2. The fourth-order valence-electron chi connectivity index (χ4n) is 1.52. The first-order valence-electron chi connectivity index (χ1n) is 6.65. The van der Waals surface area contributed by atoms with E-state index >= 15 is 0 Å². The molecule has 2 unspecified atom stereocenters. The number of azide groups is 1. The van der Waals surface area contributed by atoms with Gasteiger partial charge in [-0.25, -0.2) is 0 Å². The standard InChI is InChI=1S/C11H18N3O9P/c1-6(21-8(3)17)10(4-15)22-11(23-24(18)19)9(13-14-12)5-20-7(2)16/h6,9-11,15H,4-5H2,1-3H3/p+1/t6-,9+,10?,11+/m0/s1. The fraction of sp³-hybridized carbons (Fsp3) is 0.818. The van der Waals surface area contributed by atoms with Crippen LogP contribution in [0.25, 0.3) is 10.4 Å². The van der Waals surface area contributed by atoms with Crippen molar-refractivity contribution in [2.75, 3.05) is 13.2 Å². The average molecular weight is 368 g/mol. The molecule has 0 saturated carbocycles. The van der Waals surface area contributed by atoms with Crippen molar-refractivity contribution in [3.8, 4) is 0 Å². The Bertz CT molecular complexity index is 497. The van der Waals surface area contributed by atoms with Crippen molar-refractivity contribution in [2.45, 2.75) is 45.3 Å². The van der Waals surface area contributed by atoms with E-state index in [9.17, 15) is 19.3 Å². The Hall–Kier alpha value is -1.81. The summed E-state index contributed by atoms with van der Waals surface area (Å²) in [6.45, 7) is 2.54. The molecule has 136 valence electrons. The van der Waals surface area contributed by atoms with Gasteiger partial charge in [-0.2, -0.15) is 0 Å². The van der Waals surface area contributed by atoms with Gasteiger partial charge >= 0.3 is 20.2 Å². The van der Waals surface area contributed by atoms with Gasteiger partial charge in [0.2, 0.25) is 6.29 Å². The summed E-state index contributed by atoms with van der Waals surface area (Å²) in [5.41, 5.74) is 8.56. The minimum absolute atomic E-state index is 0.493. The zero-order chi connectivity index (χ0) is 18.7.